The topological polar surface area (TPSA) is 37.4 Å². The van der Waals surface area contributed by atoms with E-state index >= 15 is 0 Å². The van der Waals surface area contributed by atoms with Crippen molar-refractivity contribution in [2.75, 3.05) is 13.1 Å². The highest BCUT2D eigenvalue weighted by molar-refractivity contribution is 7.88. The third-order valence-corrected chi connectivity index (χ3v) is 6.42. The lowest BCUT2D eigenvalue weighted by molar-refractivity contribution is 0.272. The summed E-state index contributed by atoms with van der Waals surface area (Å²) >= 11 is 0. The molecule has 0 unspecified atom stereocenters. The van der Waals surface area contributed by atoms with Gasteiger partial charge in [0.2, 0.25) is 10.0 Å². The summed E-state index contributed by atoms with van der Waals surface area (Å²) in [6.45, 7) is 1.10. The molecule has 0 N–H and O–H groups in total. The lowest BCUT2D eigenvalue weighted by Gasteiger charge is -2.31. The zero-order chi connectivity index (χ0) is 17.0. The van der Waals surface area contributed by atoms with Crippen LogP contribution in [0.1, 0.15) is 24.0 Å². The number of benzene rings is 2. The Bertz CT molecular complexity index is 769. The highest BCUT2D eigenvalue weighted by Crippen LogP contribution is 2.24. The maximum absolute atomic E-state index is 13.2. The van der Waals surface area contributed by atoms with Crippen LogP contribution in [0.3, 0.4) is 0 Å². The number of halogens is 1. The third kappa shape index (κ3) is 4.42. The van der Waals surface area contributed by atoms with E-state index in [1.807, 2.05) is 18.2 Å². The van der Waals surface area contributed by atoms with Gasteiger partial charge in [-0.25, -0.2) is 17.1 Å². The zero-order valence-corrected chi connectivity index (χ0v) is 14.4. The van der Waals surface area contributed by atoms with Gasteiger partial charge in [0.15, 0.2) is 0 Å². The van der Waals surface area contributed by atoms with Crippen LogP contribution < -0.4 is 0 Å². The fourth-order valence-corrected chi connectivity index (χ4v) is 4.82. The van der Waals surface area contributed by atoms with Crippen LogP contribution in [0, 0.1) is 11.7 Å². The predicted molar refractivity (Wildman–Crippen MR) is 93.5 cm³/mol. The average Bonchev–Trinajstić information content (AvgIpc) is 2.56. The van der Waals surface area contributed by atoms with Crippen LogP contribution >= 0.6 is 0 Å². The minimum atomic E-state index is -3.38. The first kappa shape index (κ1) is 17.1. The normalized spacial score (nSPS) is 17.0. The molecule has 0 bridgehead atoms. The van der Waals surface area contributed by atoms with Crippen molar-refractivity contribution in [3.63, 3.8) is 0 Å². The standard InChI is InChI=1S/C19H22FNO2S/c20-19-8-4-7-18(14-19)15-24(22,23)21-11-9-17(10-12-21)13-16-5-2-1-3-6-16/h1-8,14,17H,9-13,15H2. The van der Waals surface area contributed by atoms with Gasteiger partial charge in [-0.15, -0.1) is 0 Å². The summed E-state index contributed by atoms with van der Waals surface area (Å²) in [5.41, 5.74) is 1.81. The molecular weight excluding hydrogens is 325 g/mol. The molecule has 0 radical (unpaired) electrons. The van der Waals surface area contributed by atoms with Gasteiger partial charge in [-0.1, -0.05) is 42.5 Å². The predicted octanol–water partition coefficient (Wildman–Crippen LogP) is 3.61. The second-order valence-electron chi connectivity index (χ2n) is 6.42. The molecule has 0 aliphatic carbocycles. The summed E-state index contributed by atoms with van der Waals surface area (Å²) in [6.07, 6.45) is 2.74. The summed E-state index contributed by atoms with van der Waals surface area (Å²) in [6, 6.07) is 16.1. The van der Waals surface area contributed by atoms with Gasteiger partial charge < -0.3 is 0 Å². The van der Waals surface area contributed by atoms with E-state index in [0.717, 1.165) is 19.3 Å². The van der Waals surface area contributed by atoms with Crippen LogP contribution in [-0.4, -0.2) is 25.8 Å². The highest BCUT2D eigenvalue weighted by atomic mass is 32.2. The molecule has 1 aliphatic heterocycles. The van der Waals surface area contributed by atoms with E-state index in [-0.39, 0.29) is 5.75 Å². The van der Waals surface area contributed by atoms with E-state index in [2.05, 4.69) is 12.1 Å². The summed E-state index contributed by atoms with van der Waals surface area (Å²) in [5, 5.41) is 0. The smallest absolute Gasteiger partial charge is 0.212 e. The number of sulfonamides is 1. The molecule has 0 atom stereocenters. The van der Waals surface area contributed by atoms with E-state index in [1.54, 1.807) is 16.4 Å². The molecule has 0 saturated carbocycles. The van der Waals surface area contributed by atoms with Crippen molar-refractivity contribution in [2.24, 2.45) is 5.92 Å². The van der Waals surface area contributed by atoms with E-state index in [0.29, 0.717) is 24.6 Å². The number of hydrogen-bond acceptors (Lipinski definition) is 2. The van der Waals surface area contributed by atoms with Crippen molar-refractivity contribution in [1.29, 1.82) is 0 Å². The minimum Gasteiger partial charge on any atom is -0.212 e. The van der Waals surface area contributed by atoms with Crippen LogP contribution in [0.4, 0.5) is 4.39 Å². The summed E-state index contributed by atoms with van der Waals surface area (Å²) < 4.78 is 39.9. The molecule has 3 rings (SSSR count). The minimum absolute atomic E-state index is 0.131. The maximum Gasteiger partial charge on any atom is 0.218 e. The quantitative estimate of drug-likeness (QED) is 0.828. The molecule has 2 aromatic carbocycles. The molecule has 1 fully saturated rings. The Morgan fingerprint density at radius 2 is 1.62 bits per heavy atom. The molecule has 24 heavy (non-hydrogen) atoms. The van der Waals surface area contributed by atoms with Gasteiger partial charge in [-0.3, -0.25) is 0 Å². The molecule has 3 nitrogen and oxygen atoms in total. The molecule has 128 valence electrons. The number of hydrogen-bond donors (Lipinski definition) is 0. The van der Waals surface area contributed by atoms with Crippen LogP contribution in [0.5, 0.6) is 0 Å². The molecule has 0 spiro atoms. The molecule has 5 heteroatoms. The van der Waals surface area contributed by atoms with Crippen molar-refractivity contribution >= 4 is 10.0 Å². The van der Waals surface area contributed by atoms with E-state index in [9.17, 15) is 12.8 Å². The maximum atomic E-state index is 13.2. The Morgan fingerprint density at radius 1 is 0.958 bits per heavy atom. The van der Waals surface area contributed by atoms with Gasteiger partial charge in [0.1, 0.15) is 5.82 Å². The SMILES string of the molecule is O=S(=O)(Cc1cccc(F)c1)N1CCC(Cc2ccccc2)CC1. The van der Waals surface area contributed by atoms with Gasteiger partial charge >= 0.3 is 0 Å². The molecule has 0 amide bonds. The fraction of sp³-hybridized carbons (Fsp3) is 0.368. The van der Waals surface area contributed by atoms with Crippen molar-refractivity contribution in [1.82, 2.24) is 4.31 Å². The average molecular weight is 347 g/mol. The van der Waals surface area contributed by atoms with Crippen molar-refractivity contribution in [3.05, 3.63) is 71.5 Å². The fourth-order valence-electron chi connectivity index (χ4n) is 3.27. The summed E-state index contributed by atoms with van der Waals surface area (Å²) in [7, 11) is -3.38. The van der Waals surface area contributed by atoms with E-state index < -0.39 is 15.8 Å². The van der Waals surface area contributed by atoms with Gasteiger partial charge in [0.05, 0.1) is 5.75 Å². The Kier molecular flexibility index (Phi) is 5.31. The Hall–Kier alpha value is -1.72. The molecule has 1 heterocycles. The Labute approximate surface area is 143 Å². The van der Waals surface area contributed by atoms with Crippen molar-refractivity contribution < 1.29 is 12.8 Å². The molecular formula is C19H22FNO2S. The van der Waals surface area contributed by atoms with Crippen LogP contribution in [-0.2, 0) is 22.2 Å². The largest absolute Gasteiger partial charge is 0.218 e. The number of piperidine rings is 1. The Morgan fingerprint density at radius 3 is 2.29 bits per heavy atom. The third-order valence-electron chi connectivity index (χ3n) is 4.57. The lowest BCUT2D eigenvalue weighted by atomic mass is 9.91. The van der Waals surface area contributed by atoms with Crippen molar-refractivity contribution in [3.8, 4) is 0 Å². The van der Waals surface area contributed by atoms with Gasteiger partial charge in [0.25, 0.3) is 0 Å². The monoisotopic (exact) mass is 347 g/mol. The second kappa shape index (κ2) is 7.45. The summed E-state index contributed by atoms with van der Waals surface area (Å²) in [4.78, 5) is 0. The van der Waals surface area contributed by atoms with Crippen LogP contribution in [0.2, 0.25) is 0 Å². The lowest BCUT2D eigenvalue weighted by Crippen LogP contribution is -2.39. The molecule has 1 saturated heterocycles. The van der Waals surface area contributed by atoms with E-state index in [1.165, 1.54) is 17.7 Å². The first-order chi connectivity index (χ1) is 11.5. The summed E-state index contributed by atoms with van der Waals surface area (Å²) in [5.74, 6) is -0.00835. The van der Waals surface area contributed by atoms with E-state index in [4.69, 9.17) is 0 Å². The van der Waals surface area contributed by atoms with Crippen LogP contribution in [0.15, 0.2) is 54.6 Å². The van der Waals surface area contributed by atoms with Gasteiger partial charge in [-0.2, -0.15) is 0 Å². The Balaban J connectivity index is 1.57. The zero-order valence-electron chi connectivity index (χ0n) is 13.6. The first-order valence-corrected chi connectivity index (χ1v) is 9.90. The van der Waals surface area contributed by atoms with Gasteiger partial charge in [0, 0.05) is 13.1 Å². The molecule has 0 aromatic heterocycles. The highest BCUT2D eigenvalue weighted by Gasteiger charge is 2.28. The molecule has 2 aromatic rings. The number of nitrogens with zero attached hydrogens (tertiary/aromatic N) is 1. The van der Waals surface area contributed by atoms with Crippen LogP contribution in [0.25, 0.3) is 0 Å². The second-order valence-corrected chi connectivity index (χ2v) is 8.39. The first-order valence-electron chi connectivity index (χ1n) is 8.29. The number of rotatable bonds is 5. The van der Waals surface area contributed by atoms with Crippen molar-refractivity contribution in [2.45, 2.75) is 25.0 Å². The van der Waals surface area contributed by atoms with Gasteiger partial charge in [-0.05, 0) is 48.4 Å². The molecule has 1 aliphatic rings.